The Hall–Kier alpha value is -2.22. The molecule has 2 nitrogen and oxygen atoms in total. The number of aromatic nitrogens is 2. The first-order valence-electron chi connectivity index (χ1n) is 10.2. The van der Waals surface area contributed by atoms with Gasteiger partial charge in [-0.1, -0.05) is 63.1 Å². The van der Waals surface area contributed by atoms with Gasteiger partial charge in [-0.3, -0.25) is 0 Å². The van der Waals surface area contributed by atoms with Gasteiger partial charge in [0.25, 0.3) is 0 Å². The second-order valence-corrected chi connectivity index (χ2v) is 8.46. The van der Waals surface area contributed by atoms with E-state index in [0.29, 0.717) is 17.3 Å². The Bertz CT molecular complexity index is 1060. The van der Waals surface area contributed by atoms with E-state index in [1.165, 1.54) is 37.1 Å². The van der Waals surface area contributed by atoms with Crippen molar-refractivity contribution in [2.75, 3.05) is 0 Å². The van der Waals surface area contributed by atoms with Crippen LogP contribution in [0.25, 0.3) is 11.0 Å². The second-order valence-electron chi connectivity index (χ2n) is 8.46. The summed E-state index contributed by atoms with van der Waals surface area (Å²) in [6.45, 7) is 4.65. The monoisotopic (exact) mass is 340 g/mol. The van der Waals surface area contributed by atoms with Gasteiger partial charge in [-0.15, -0.1) is 0 Å². The van der Waals surface area contributed by atoms with Crippen LogP contribution in [0.3, 0.4) is 0 Å². The van der Waals surface area contributed by atoms with Crippen molar-refractivity contribution in [3.63, 3.8) is 0 Å². The summed E-state index contributed by atoms with van der Waals surface area (Å²) >= 11 is 0. The molecule has 1 heterocycles. The van der Waals surface area contributed by atoms with Crippen LogP contribution in [-0.4, -0.2) is 9.97 Å². The molecule has 3 aliphatic rings. The highest BCUT2D eigenvalue weighted by molar-refractivity contribution is 5.78. The highest BCUT2D eigenvalue weighted by Gasteiger charge is 2.82. The van der Waals surface area contributed by atoms with Gasteiger partial charge in [0.1, 0.15) is 0 Å². The molecule has 6 rings (SSSR count). The van der Waals surface area contributed by atoms with Crippen molar-refractivity contribution in [2.24, 2.45) is 5.92 Å². The van der Waals surface area contributed by atoms with Crippen molar-refractivity contribution in [2.45, 2.75) is 56.3 Å². The number of hydrogen-bond acceptors (Lipinski definition) is 2. The average Bonchev–Trinajstić information content (AvgIpc) is 3.19. The van der Waals surface area contributed by atoms with E-state index in [9.17, 15) is 0 Å². The van der Waals surface area contributed by atoms with E-state index in [1.807, 2.05) is 0 Å². The molecule has 0 aliphatic heterocycles. The maximum Gasteiger partial charge on any atom is 0.0890 e. The fourth-order valence-electron chi connectivity index (χ4n) is 6.84. The van der Waals surface area contributed by atoms with E-state index in [-0.39, 0.29) is 5.41 Å². The Labute approximate surface area is 154 Å². The van der Waals surface area contributed by atoms with Crippen LogP contribution in [0.1, 0.15) is 68.0 Å². The number of hydrogen-bond donors (Lipinski definition) is 0. The third-order valence-electron chi connectivity index (χ3n) is 7.40. The molecule has 3 aromatic rings. The Balaban J connectivity index is 1.71. The molecule has 0 amide bonds. The van der Waals surface area contributed by atoms with Crippen molar-refractivity contribution in [1.82, 2.24) is 9.97 Å². The van der Waals surface area contributed by atoms with E-state index in [4.69, 9.17) is 9.97 Å². The molecule has 3 aliphatic carbocycles. The average molecular weight is 340 g/mol. The smallest absolute Gasteiger partial charge is 0.0890 e. The molecule has 0 N–H and O–H groups in total. The third kappa shape index (κ3) is 1.41. The van der Waals surface area contributed by atoms with Gasteiger partial charge in [-0.05, 0) is 42.0 Å². The number of nitrogens with zero attached hydrogens (tertiary/aromatic N) is 2. The minimum absolute atomic E-state index is 0.0948. The lowest BCUT2D eigenvalue weighted by molar-refractivity contribution is 0.397. The van der Waals surface area contributed by atoms with Gasteiger partial charge in [0.2, 0.25) is 0 Å². The molecule has 26 heavy (non-hydrogen) atoms. The summed E-state index contributed by atoms with van der Waals surface area (Å²) in [5.74, 6) is 1.26. The largest absolute Gasteiger partial charge is 0.249 e. The van der Waals surface area contributed by atoms with Crippen molar-refractivity contribution in [3.05, 3.63) is 71.0 Å². The molecule has 1 aromatic heterocycles. The fraction of sp³-hybridized carbons (Fsp3) is 0.417. The molecule has 2 aromatic carbocycles. The quantitative estimate of drug-likeness (QED) is 0.627. The second kappa shape index (κ2) is 4.73. The van der Waals surface area contributed by atoms with Crippen LogP contribution in [-0.2, 0) is 10.8 Å². The van der Waals surface area contributed by atoms with Gasteiger partial charge in [0, 0.05) is 16.7 Å². The van der Waals surface area contributed by atoms with Gasteiger partial charge in [0.05, 0.1) is 22.4 Å². The zero-order valence-corrected chi connectivity index (χ0v) is 15.5. The van der Waals surface area contributed by atoms with Gasteiger partial charge < -0.3 is 0 Å². The van der Waals surface area contributed by atoms with E-state index >= 15 is 0 Å². The van der Waals surface area contributed by atoms with Crippen LogP contribution >= 0.6 is 0 Å². The number of rotatable bonds is 4. The van der Waals surface area contributed by atoms with Crippen LogP contribution < -0.4 is 0 Å². The summed E-state index contributed by atoms with van der Waals surface area (Å²) in [5, 5.41) is 0. The minimum atomic E-state index is 0.0948. The van der Waals surface area contributed by atoms with Crippen molar-refractivity contribution < 1.29 is 0 Å². The summed E-state index contributed by atoms with van der Waals surface area (Å²) in [6, 6.07) is 17.6. The summed E-state index contributed by atoms with van der Waals surface area (Å²) in [6.07, 6.45) is 4.89. The molecular formula is C24H24N2. The maximum atomic E-state index is 5.23. The van der Waals surface area contributed by atoms with Crippen LogP contribution in [0.15, 0.2) is 48.5 Å². The van der Waals surface area contributed by atoms with E-state index < -0.39 is 0 Å². The standard InChI is InChI=1S/C24H24N2/c1-3-13-23-15-9-5-6-10-16(15)24(14-4-2)21(23)19(23)20-22(24)26-18-12-8-7-11-17(18)25-20/h5-12,19,21H,3-4,13-14H2,1-2H3. The molecule has 130 valence electrons. The highest BCUT2D eigenvalue weighted by Crippen LogP contribution is 2.84. The molecule has 0 saturated heterocycles. The van der Waals surface area contributed by atoms with E-state index in [0.717, 1.165) is 11.0 Å². The number of benzene rings is 2. The SMILES string of the molecule is CCCC12c3ccccc3C3(CCC)C(c4nc5ccccc5nc41)C23. The Morgan fingerprint density at radius 1 is 0.808 bits per heavy atom. The van der Waals surface area contributed by atoms with Crippen LogP contribution in [0.2, 0.25) is 0 Å². The molecule has 4 unspecified atom stereocenters. The molecule has 2 heteroatoms. The lowest BCUT2D eigenvalue weighted by Gasteiger charge is -2.29. The van der Waals surface area contributed by atoms with Gasteiger partial charge in [0.15, 0.2) is 0 Å². The first-order chi connectivity index (χ1) is 12.8. The van der Waals surface area contributed by atoms with Crippen molar-refractivity contribution in [1.29, 1.82) is 0 Å². The molecule has 4 atom stereocenters. The van der Waals surface area contributed by atoms with Crippen molar-refractivity contribution >= 4 is 11.0 Å². The van der Waals surface area contributed by atoms with Crippen LogP contribution in [0, 0.1) is 5.92 Å². The Morgan fingerprint density at radius 2 is 1.46 bits per heavy atom. The minimum Gasteiger partial charge on any atom is -0.249 e. The zero-order chi connectivity index (χ0) is 17.5. The Kier molecular flexibility index (Phi) is 2.71. The normalized spacial score (nSPS) is 32.4. The molecule has 0 radical (unpaired) electrons. The molecule has 0 bridgehead atoms. The van der Waals surface area contributed by atoms with E-state index in [1.54, 1.807) is 11.1 Å². The lowest BCUT2D eigenvalue weighted by atomic mass is 9.74. The summed E-state index contributed by atoms with van der Waals surface area (Å²) < 4.78 is 0. The summed E-state index contributed by atoms with van der Waals surface area (Å²) in [4.78, 5) is 10.4. The zero-order valence-electron chi connectivity index (χ0n) is 15.5. The maximum absolute atomic E-state index is 5.23. The van der Waals surface area contributed by atoms with Gasteiger partial charge in [-0.2, -0.15) is 0 Å². The highest BCUT2D eigenvalue weighted by atomic mass is 15.0. The molecular weight excluding hydrogens is 316 g/mol. The lowest BCUT2D eigenvalue weighted by Crippen LogP contribution is -2.29. The predicted octanol–water partition coefficient (Wildman–Crippen LogP) is 5.49. The fourth-order valence-corrected chi connectivity index (χ4v) is 6.84. The predicted molar refractivity (Wildman–Crippen MR) is 104 cm³/mol. The van der Waals surface area contributed by atoms with E-state index in [2.05, 4.69) is 62.4 Å². The topological polar surface area (TPSA) is 25.8 Å². The third-order valence-corrected chi connectivity index (χ3v) is 7.40. The van der Waals surface area contributed by atoms with Crippen LogP contribution in [0.4, 0.5) is 0 Å². The molecule has 0 spiro atoms. The van der Waals surface area contributed by atoms with Gasteiger partial charge >= 0.3 is 0 Å². The van der Waals surface area contributed by atoms with Crippen LogP contribution in [0.5, 0.6) is 0 Å². The van der Waals surface area contributed by atoms with Crippen molar-refractivity contribution in [3.8, 4) is 0 Å². The molecule has 1 fully saturated rings. The first-order valence-corrected chi connectivity index (χ1v) is 10.2. The van der Waals surface area contributed by atoms with Gasteiger partial charge in [-0.25, -0.2) is 9.97 Å². The summed E-state index contributed by atoms with van der Waals surface area (Å²) in [5.41, 5.74) is 8.29. The Morgan fingerprint density at radius 3 is 2.19 bits per heavy atom. The molecule has 1 saturated carbocycles. The number of fused-ring (bicyclic) bond motifs is 8. The number of para-hydroxylation sites is 2. The first kappa shape index (κ1) is 14.9. The summed E-state index contributed by atoms with van der Waals surface area (Å²) in [7, 11) is 0.